The van der Waals surface area contributed by atoms with E-state index in [1.807, 2.05) is 0 Å². The molecule has 3 N–H and O–H groups in total. The molecular weight excluding hydrogens is 545 g/mol. The number of allylic oxidation sites excluding steroid dienone is 2. The first-order chi connectivity index (χ1) is 18.5. The van der Waals surface area contributed by atoms with Gasteiger partial charge in [-0.05, 0) is 30.3 Å². The Kier molecular flexibility index (Phi) is 6.40. The van der Waals surface area contributed by atoms with Crippen molar-refractivity contribution >= 4 is 23.7 Å². The summed E-state index contributed by atoms with van der Waals surface area (Å²) in [5.74, 6) is -10.1. The Bertz CT molecular complexity index is 1200. The minimum Gasteiger partial charge on any atom is -0.504 e. The molecule has 5 rings (SSSR count). The Morgan fingerprint density at radius 1 is 1.20 bits per heavy atom. The zero-order valence-electron chi connectivity index (χ0n) is 22.2. The summed E-state index contributed by atoms with van der Waals surface area (Å²) in [4.78, 5) is 52.2. The van der Waals surface area contributed by atoms with Crippen LogP contribution in [0.1, 0.15) is 40.0 Å². The van der Waals surface area contributed by atoms with Crippen LogP contribution in [-0.4, -0.2) is 88.9 Å². The maximum absolute atomic E-state index is 13.4. The molecule has 11 nitrogen and oxygen atoms in total. The van der Waals surface area contributed by atoms with Crippen molar-refractivity contribution in [2.45, 2.75) is 76.2 Å². The number of ether oxygens (including phenoxy) is 4. The molecule has 4 fully saturated rings. The number of carbonyl (C=O) groups is 4. The number of aliphatic hydroxyl groups excluding tert-OH is 3. The lowest BCUT2D eigenvalue weighted by molar-refractivity contribution is -0.290. The number of alkyl halides is 3. The van der Waals surface area contributed by atoms with Crippen LogP contribution in [0.3, 0.4) is 0 Å². The zero-order valence-corrected chi connectivity index (χ0v) is 22.2. The Hall–Kier alpha value is -2.71. The van der Waals surface area contributed by atoms with Crippen LogP contribution in [0.5, 0.6) is 0 Å². The summed E-state index contributed by atoms with van der Waals surface area (Å²) in [5.41, 5.74) is -4.79. The molecule has 0 radical (unpaired) electrons. The number of hydrogen-bond donors (Lipinski definition) is 3. The highest BCUT2D eigenvalue weighted by Gasteiger charge is 2.85. The maximum Gasteiger partial charge on any atom is 0.392 e. The van der Waals surface area contributed by atoms with Crippen LogP contribution < -0.4 is 0 Å². The third kappa shape index (κ3) is 3.47. The normalized spacial score (nSPS) is 44.8. The SMILES string of the molecule is COC(=O)[C@@]12OC[C@]34[C@H]([C@@H](O)C1O)[C@@]1(C)CC(=O)C(O)=C(C)[C@@H]1C[C@H]3OC(=O)[C@H](OC(=O)CC(C)C(F)(F)F)[C@H]42. The van der Waals surface area contributed by atoms with E-state index in [1.54, 1.807) is 6.92 Å². The van der Waals surface area contributed by atoms with Crippen molar-refractivity contribution in [2.75, 3.05) is 13.7 Å². The maximum atomic E-state index is 13.4. The van der Waals surface area contributed by atoms with E-state index < -0.39 is 107 Å². The van der Waals surface area contributed by atoms with Crippen molar-refractivity contribution in [3.8, 4) is 0 Å². The fourth-order valence-electron chi connectivity index (χ4n) is 8.41. The lowest BCUT2D eigenvalue weighted by Crippen LogP contribution is -2.79. The van der Waals surface area contributed by atoms with Gasteiger partial charge in [-0.25, -0.2) is 9.59 Å². The molecule has 0 aromatic heterocycles. The Morgan fingerprint density at radius 2 is 1.85 bits per heavy atom. The number of ketones is 1. The van der Waals surface area contributed by atoms with Gasteiger partial charge in [-0.15, -0.1) is 0 Å². The van der Waals surface area contributed by atoms with E-state index in [0.717, 1.165) is 14.0 Å². The molecule has 3 aliphatic carbocycles. The second kappa shape index (κ2) is 8.89. The van der Waals surface area contributed by atoms with Crippen molar-refractivity contribution in [1.29, 1.82) is 0 Å². The topological polar surface area (TPSA) is 166 Å². The molecule has 0 aromatic carbocycles. The highest BCUT2D eigenvalue weighted by atomic mass is 19.4. The summed E-state index contributed by atoms with van der Waals surface area (Å²) < 4.78 is 61.3. The number of esters is 3. The third-order valence-corrected chi connectivity index (χ3v) is 10.1. The largest absolute Gasteiger partial charge is 0.504 e. The fourth-order valence-corrected chi connectivity index (χ4v) is 8.41. The molecule has 1 spiro atoms. The van der Waals surface area contributed by atoms with E-state index in [4.69, 9.17) is 18.9 Å². The predicted octanol–water partition coefficient (Wildman–Crippen LogP) is 1.14. The van der Waals surface area contributed by atoms with Gasteiger partial charge in [0.2, 0.25) is 11.7 Å². The van der Waals surface area contributed by atoms with Crippen LogP contribution in [0.15, 0.2) is 11.3 Å². The van der Waals surface area contributed by atoms with Crippen LogP contribution >= 0.6 is 0 Å². The quantitative estimate of drug-likeness (QED) is 0.325. The second-order valence-electron chi connectivity index (χ2n) is 12.0. The third-order valence-electron chi connectivity index (χ3n) is 10.1. The first-order valence-corrected chi connectivity index (χ1v) is 13.0. The van der Waals surface area contributed by atoms with E-state index in [2.05, 4.69) is 0 Å². The molecule has 40 heavy (non-hydrogen) atoms. The van der Waals surface area contributed by atoms with Crippen LogP contribution in [0.25, 0.3) is 0 Å². The summed E-state index contributed by atoms with van der Waals surface area (Å²) in [6, 6.07) is 0. The van der Waals surface area contributed by atoms with Gasteiger partial charge in [-0.3, -0.25) is 9.59 Å². The Morgan fingerprint density at radius 3 is 2.45 bits per heavy atom. The summed E-state index contributed by atoms with van der Waals surface area (Å²) in [6.45, 7) is 3.60. The first kappa shape index (κ1) is 28.8. The van der Waals surface area contributed by atoms with Gasteiger partial charge >= 0.3 is 24.1 Å². The minimum absolute atomic E-state index is 0.0353. The minimum atomic E-state index is -4.72. The summed E-state index contributed by atoms with van der Waals surface area (Å²) in [5, 5.41) is 33.5. The van der Waals surface area contributed by atoms with Gasteiger partial charge in [-0.1, -0.05) is 13.8 Å². The average molecular weight is 577 g/mol. The molecule has 222 valence electrons. The second-order valence-corrected chi connectivity index (χ2v) is 12.0. The molecule has 2 saturated heterocycles. The van der Waals surface area contributed by atoms with Crippen molar-refractivity contribution in [1.82, 2.24) is 0 Å². The average Bonchev–Trinajstić information content (AvgIpc) is 3.17. The Labute approximate surface area is 226 Å². The number of methoxy groups -OCH3 is 1. The number of aliphatic hydroxyl groups is 3. The molecule has 2 unspecified atom stereocenters. The monoisotopic (exact) mass is 576 g/mol. The van der Waals surface area contributed by atoms with Gasteiger partial charge in [0.05, 0.1) is 38.1 Å². The first-order valence-electron chi connectivity index (χ1n) is 13.0. The molecule has 5 aliphatic rings. The predicted molar refractivity (Wildman–Crippen MR) is 123 cm³/mol. The lowest BCUT2D eigenvalue weighted by Gasteiger charge is -2.67. The van der Waals surface area contributed by atoms with Crippen molar-refractivity contribution in [3.63, 3.8) is 0 Å². The van der Waals surface area contributed by atoms with E-state index in [1.165, 1.54) is 6.92 Å². The highest BCUT2D eigenvalue weighted by Crippen LogP contribution is 2.72. The van der Waals surface area contributed by atoms with E-state index >= 15 is 0 Å². The van der Waals surface area contributed by atoms with Crippen LogP contribution in [0.2, 0.25) is 0 Å². The standard InChI is InChI=1S/C26H31F3O11/c1-9(26(27,28)29)5-14(31)40-17-19-24-8-38-25(19,22(36)37-4)20(34)16(33)18(24)23(3)7-12(30)15(32)10(2)11(23)6-13(24)39-21(17)35/h9,11,13,16-20,32-34H,5-8H2,1-4H3/t9?,11-,13+,16+,17+,18+,19+,20?,23-,24+,25-/m0/s1. The molecule has 2 saturated carbocycles. The molecular formula is C26H31F3O11. The molecule has 0 amide bonds. The molecule has 14 heteroatoms. The number of fused-ring (bicyclic) bond motifs is 2. The van der Waals surface area contributed by atoms with Crippen LogP contribution in [0, 0.1) is 34.5 Å². The number of Topliss-reactive ketones (excluding diaryl/α,β-unsaturated/α-hetero) is 1. The summed E-state index contributed by atoms with van der Waals surface area (Å²) in [7, 11) is 0.982. The number of hydrogen-bond acceptors (Lipinski definition) is 11. The molecule has 2 bridgehead atoms. The molecule has 0 aromatic rings. The van der Waals surface area contributed by atoms with Crippen LogP contribution in [-0.2, 0) is 38.1 Å². The Balaban J connectivity index is 1.66. The smallest absolute Gasteiger partial charge is 0.392 e. The summed E-state index contributed by atoms with van der Waals surface area (Å²) in [6.07, 6.45) is -12.9. The molecule has 2 heterocycles. The number of carbonyl (C=O) groups excluding carboxylic acids is 4. The fraction of sp³-hybridized carbons (Fsp3) is 0.769. The van der Waals surface area contributed by atoms with Gasteiger partial charge in [0.1, 0.15) is 12.2 Å². The lowest BCUT2D eigenvalue weighted by atomic mass is 9.38. The van der Waals surface area contributed by atoms with Crippen LogP contribution in [0.4, 0.5) is 13.2 Å². The molecule has 11 atom stereocenters. The zero-order chi connectivity index (χ0) is 29.7. The van der Waals surface area contributed by atoms with E-state index in [0.29, 0.717) is 5.57 Å². The van der Waals surface area contributed by atoms with Crippen molar-refractivity contribution in [2.24, 2.45) is 34.5 Å². The van der Waals surface area contributed by atoms with E-state index in [-0.39, 0.29) is 19.4 Å². The number of rotatable bonds is 4. The van der Waals surface area contributed by atoms with Gasteiger partial charge in [-0.2, -0.15) is 13.2 Å². The van der Waals surface area contributed by atoms with Gasteiger partial charge in [0.15, 0.2) is 11.5 Å². The van der Waals surface area contributed by atoms with E-state index in [9.17, 15) is 47.7 Å². The highest BCUT2D eigenvalue weighted by molar-refractivity contribution is 5.95. The van der Waals surface area contributed by atoms with Crippen molar-refractivity contribution in [3.05, 3.63) is 11.3 Å². The molecule has 2 aliphatic heterocycles. The van der Waals surface area contributed by atoms with Gasteiger partial charge in [0.25, 0.3) is 0 Å². The van der Waals surface area contributed by atoms with Gasteiger partial charge in [0, 0.05) is 17.8 Å². The van der Waals surface area contributed by atoms with Gasteiger partial charge < -0.3 is 34.3 Å². The van der Waals surface area contributed by atoms with Crippen molar-refractivity contribution < 1.29 is 66.6 Å². The number of halogens is 3. The summed E-state index contributed by atoms with van der Waals surface area (Å²) >= 11 is 0.